The van der Waals surface area contributed by atoms with E-state index in [1.54, 1.807) is 30.3 Å². The molecule has 2 aromatic carbocycles. The van der Waals surface area contributed by atoms with Crippen LogP contribution in [-0.4, -0.2) is 69.1 Å². The molecule has 2 N–H and O–H groups in total. The Kier molecular flexibility index (Phi) is 15.3. The molecule has 0 aliphatic heterocycles. The average molecular weight is 654 g/mol. The number of furan rings is 1. The summed E-state index contributed by atoms with van der Waals surface area (Å²) in [5.74, 6) is 1.22. The number of ether oxygens (including phenoxy) is 1. The molecule has 1 aromatic heterocycles. The number of hydrogen-bond donors (Lipinski definition) is 2. The van der Waals surface area contributed by atoms with Crippen LogP contribution in [-0.2, 0) is 26.8 Å². The summed E-state index contributed by atoms with van der Waals surface area (Å²) >= 11 is 0. The van der Waals surface area contributed by atoms with Crippen LogP contribution in [0, 0.1) is 0 Å². The third-order valence-corrected chi connectivity index (χ3v) is 7.31. The second kappa shape index (κ2) is 18.1. The molecule has 0 amide bonds. The quantitative estimate of drug-likeness (QED) is 0.0714. The van der Waals surface area contributed by atoms with Crippen LogP contribution in [0.5, 0.6) is 5.75 Å². The van der Waals surface area contributed by atoms with Gasteiger partial charge in [0, 0.05) is 29.6 Å². The molecule has 0 fully saturated rings. The molecule has 0 aliphatic carbocycles. The number of nitrogens with zero attached hydrogens (tertiary/aromatic N) is 1. The summed E-state index contributed by atoms with van der Waals surface area (Å²) in [6, 6.07) is 12.3. The highest BCUT2D eigenvalue weighted by molar-refractivity contribution is 7.92. The topological polar surface area (TPSA) is 166 Å². The number of rotatable bonds is 18. The summed E-state index contributed by atoms with van der Waals surface area (Å²) in [7, 11) is -8.37. The van der Waals surface area contributed by atoms with Crippen molar-refractivity contribution in [2.45, 2.75) is 72.1 Å². The highest BCUT2D eigenvalue weighted by atomic mass is 32.3. The second-order valence-electron chi connectivity index (χ2n) is 10.6. The largest absolute Gasteiger partial charge is 0.726 e. The Hall–Kier alpha value is -2.97. The molecule has 3 rings (SSSR count). The third-order valence-electron chi connectivity index (χ3n) is 6.71. The molecule has 0 saturated heterocycles. The Balaban J connectivity index is 0.00000125. The zero-order chi connectivity index (χ0) is 32.8. The minimum Gasteiger partial charge on any atom is -0.726 e. The molecule has 0 atom stereocenters. The number of nitrogens with one attached hydrogen (secondary N) is 1. The molecule has 11 nitrogen and oxygen atoms in total. The maximum absolute atomic E-state index is 13.7. The van der Waals surface area contributed by atoms with Crippen LogP contribution in [0.4, 0.5) is 5.69 Å². The van der Waals surface area contributed by atoms with Gasteiger partial charge in [0.15, 0.2) is 5.78 Å². The van der Waals surface area contributed by atoms with Gasteiger partial charge in [-0.15, -0.1) is 0 Å². The standard InChI is InChI=1S/C31H44N2O5S.H2O4S/c1-5-8-12-29-30(27-23-25(32-39(4,35)36)15-18-28(27)38-29)31(34)24-13-16-26(17-14-24)37-22-11-21-33(19-9-6-2)20-10-7-3;1-5(2,3)4/h13-18,23,32H,5-12,19-22H2,1-4H3;(H2,1,2,3,4)/p-1. The molecule has 0 spiro atoms. The maximum atomic E-state index is 13.7. The highest BCUT2D eigenvalue weighted by Crippen LogP contribution is 2.32. The zero-order valence-corrected chi connectivity index (χ0v) is 27.6. The van der Waals surface area contributed by atoms with Gasteiger partial charge in [0.25, 0.3) is 0 Å². The molecule has 0 saturated carbocycles. The van der Waals surface area contributed by atoms with Crippen LogP contribution in [0.2, 0.25) is 0 Å². The molecular weight excluding hydrogens is 608 g/mol. The van der Waals surface area contributed by atoms with E-state index in [0.717, 1.165) is 50.9 Å². The van der Waals surface area contributed by atoms with Gasteiger partial charge in [0.2, 0.25) is 20.4 Å². The molecule has 0 unspecified atom stereocenters. The van der Waals surface area contributed by atoms with Crippen LogP contribution < -0.4 is 9.46 Å². The minimum absolute atomic E-state index is 0.148. The number of hydrogen-bond acceptors (Lipinski definition) is 9. The number of unbranched alkanes of at least 4 members (excludes halogenated alkanes) is 3. The fourth-order valence-electron chi connectivity index (χ4n) is 4.61. The van der Waals surface area contributed by atoms with Gasteiger partial charge in [-0.1, -0.05) is 40.0 Å². The monoisotopic (exact) mass is 653 g/mol. The van der Waals surface area contributed by atoms with Crippen LogP contribution in [0.25, 0.3) is 11.0 Å². The first kappa shape index (κ1) is 37.2. The van der Waals surface area contributed by atoms with Crippen molar-refractivity contribution in [2.75, 3.05) is 37.2 Å². The Labute approximate surface area is 261 Å². The van der Waals surface area contributed by atoms with Gasteiger partial charge in [-0.05, 0) is 81.2 Å². The Bertz CT molecular complexity index is 1520. The van der Waals surface area contributed by atoms with Gasteiger partial charge in [-0.2, -0.15) is 0 Å². The molecule has 1 heterocycles. The number of carbonyl (C=O) groups is 1. The molecular formula is C31H45N2O9S2-. The molecule has 0 bridgehead atoms. The normalized spacial score (nSPS) is 11.8. The molecule has 0 radical (unpaired) electrons. The van der Waals surface area contributed by atoms with Crippen molar-refractivity contribution in [3.05, 3.63) is 59.4 Å². The van der Waals surface area contributed by atoms with E-state index in [1.807, 2.05) is 12.1 Å². The highest BCUT2D eigenvalue weighted by Gasteiger charge is 2.22. The number of carbonyl (C=O) groups excluding carboxylic acids is 1. The first-order valence-corrected chi connectivity index (χ1v) is 18.2. The van der Waals surface area contributed by atoms with Crippen molar-refractivity contribution >= 4 is 42.9 Å². The van der Waals surface area contributed by atoms with Gasteiger partial charge in [-0.25, -0.2) is 16.8 Å². The summed E-state index contributed by atoms with van der Waals surface area (Å²) in [4.78, 5) is 16.2. The molecule has 0 aliphatic rings. The van der Waals surface area contributed by atoms with E-state index in [2.05, 4.69) is 30.4 Å². The fourth-order valence-corrected chi connectivity index (χ4v) is 5.17. The van der Waals surface area contributed by atoms with Crippen molar-refractivity contribution in [1.82, 2.24) is 4.90 Å². The van der Waals surface area contributed by atoms with Gasteiger partial charge in [0.05, 0.1) is 18.4 Å². The lowest BCUT2D eigenvalue weighted by Crippen LogP contribution is -2.28. The minimum atomic E-state index is -4.92. The van der Waals surface area contributed by atoms with Gasteiger partial charge >= 0.3 is 0 Å². The zero-order valence-electron chi connectivity index (χ0n) is 26.0. The molecule has 246 valence electrons. The lowest BCUT2D eigenvalue weighted by Gasteiger charge is -2.21. The first-order chi connectivity index (χ1) is 20.8. The van der Waals surface area contributed by atoms with Crippen LogP contribution in [0.3, 0.4) is 0 Å². The van der Waals surface area contributed by atoms with E-state index in [9.17, 15) is 13.2 Å². The van der Waals surface area contributed by atoms with E-state index in [0.29, 0.717) is 46.6 Å². The van der Waals surface area contributed by atoms with Crippen molar-refractivity contribution in [3.8, 4) is 5.75 Å². The second-order valence-corrected chi connectivity index (χ2v) is 13.2. The number of aryl methyl sites for hydroxylation is 1. The van der Waals surface area contributed by atoms with Crippen molar-refractivity contribution in [1.29, 1.82) is 0 Å². The van der Waals surface area contributed by atoms with Crippen molar-refractivity contribution in [2.24, 2.45) is 0 Å². The number of sulfonamides is 1. The maximum Gasteiger partial charge on any atom is 0.229 e. The van der Waals surface area contributed by atoms with Crippen LogP contribution in [0.15, 0.2) is 46.9 Å². The molecule has 3 aromatic rings. The summed E-state index contributed by atoms with van der Waals surface area (Å²) in [5, 5.41) is 0.607. The average Bonchev–Trinajstić information content (AvgIpc) is 3.30. The first-order valence-electron chi connectivity index (χ1n) is 15.0. The number of anilines is 1. The number of ketones is 1. The predicted molar refractivity (Wildman–Crippen MR) is 172 cm³/mol. The smallest absolute Gasteiger partial charge is 0.229 e. The SMILES string of the molecule is CCCCc1oc2ccc(NS(C)(=O)=O)cc2c1C(=O)c1ccc(OCCCN(CCCC)CCCC)cc1.O=S(=O)([O-])O. The van der Waals surface area contributed by atoms with Crippen LogP contribution >= 0.6 is 0 Å². The summed E-state index contributed by atoms with van der Waals surface area (Å²) in [6.45, 7) is 10.5. The van der Waals surface area contributed by atoms with E-state index >= 15 is 0 Å². The Morgan fingerprint density at radius 1 is 0.909 bits per heavy atom. The van der Waals surface area contributed by atoms with E-state index < -0.39 is 20.4 Å². The number of benzene rings is 2. The fraction of sp³-hybridized carbons (Fsp3) is 0.516. The summed E-state index contributed by atoms with van der Waals surface area (Å²) in [5.41, 5.74) is 1.99. The Morgan fingerprint density at radius 3 is 2.02 bits per heavy atom. The van der Waals surface area contributed by atoms with E-state index in [4.69, 9.17) is 26.7 Å². The summed E-state index contributed by atoms with van der Waals surface area (Å²) in [6.07, 6.45) is 9.40. The van der Waals surface area contributed by atoms with E-state index in [-0.39, 0.29) is 5.78 Å². The molecule has 44 heavy (non-hydrogen) atoms. The Morgan fingerprint density at radius 2 is 1.48 bits per heavy atom. The van der Waals surface area contributed by atoms with Gasteiger partial charge < -0.3 is 18.6 Å². The van der Waals surface area contributed by atoms with Crippen molar-refractivity contribution < 1.29 is 39.9 Å². The predicted octanol–water partition coefficient (Wildman–Crippen LogP) is 6.05. The van der Waals surface area contributed by atoms with E-state index in [1.165, 1.54) is 25.7 Å². The third kappa shape index (κ3) is 13.8. The van der Waals surface area contributed by atoms with Crippen molar-refractivity contribution in [3.63, 3.8) is 0 Å². The van der Waals surface area contributed by atoms with Gasteiger partial charge in [-0.3, -0.25) is 14.1 Å². The lowest BCUT2D eigenvalue weighted by molar-refractivity contribution is 0.103. The summed E-state index contributed by atoms with van der Waals surface area (Å²) < 4.78 is 70.9. The van der Waals surface area contributed by atoms with Gasteiger partial charge in [0.1, 0.15) is 17.1 Å². The number of fused-ring (bicyclic) bond motifs is 1. The lowest BCUT2D eigenvalue weighted by atomic mass is 9.98. The molecule has 13 heteroatoms. The van der Waals surface area contributed by atoms with Crippen LogP contribution in [0.1, 0.15) is 87.4 Å².